The zero-order valence-electron chi connectivity index (χ0n) is 12.9. The lowest BCUT2D eigenvalue weighted by atomic mass is 9.94. The molecule has 1 aliphatic rings. The minimum absolute atomic E-state index is 0.0425. The maximum absolute atomic E-state index is 12.0. The lowest BCUT2D eigenvalue weighted by Crippen LogP contribution is -2.42. The molecule has 122 valence electrons. The fraction of sp³-hybridized carbons (Fsp3) is 0.389. The van der Waals surface area contributed by atoms with Gasteiger partial charge in [-0.3, -0.25) is 4.79 Å². The van der Waals surface area contributed by atoms with Crippen molar-refractivity contribution in [3.05, 3.63) is 54.5 Å². The van der Waals surface area contributed by atoms with Crippen LogP contribution in [0.15, 0.2) is 58.0 Å². The summed E-state index contributed by atoms with van der Waals surface area (Å²) in [5, 5.41) is 13.7. The molecule has 1 aromatic carbocycles. The van der Waals surface area contributed by atoms with Crippen LogP contribution in [0.5, 0.6) is 0 Å². The number of aliphatic hydroxyl groups is 1. The van der Waals surface area contributed by atoms with Crippen molar-refractivity contribution in [1.29, 1.82) is 0 Å². The molecule has 0 spiro atoms. The Labute approximate surface area is 140 Å². The van der Waals surface area contributed by atoms with Crippen LogP contribution < -0.4 is 5.32 Å². The van der Waals surface area contributed by atoms with Gasteiger partial charge in [0.1, 0.15) is 11.4 Å². The summed E-state index contributed by atoms with van der Waals surface area (Å²) >= 11 is 1.66. The van der Waals surface area contributed by atoms with Gasteiger partial charge in [0, 0.05) is 17.1 Å². The largest absolute Gasteiger partial charge is 0.466 e. The van der Waals surface area contributed by atoms with Crippen LogP contribution in [0.4, 0.5) is 0 Å². The molecule has 1 unspecified atom stereocenters. The van der Waals surface area contributed by atoms with E-state index in [1.54, 1.807) is 30.2 Å². The second-order valence-corrected chi connectivity index (χ2v) is 7.03. The molecular weight excluding hydrogens is 310 g/mol. The zero-order valence-corrected chi connectivity index (χ0v) is 13.7. The van der Waals surface area contributed by atoms with E-state index in [1.807, 2.05) is 30.3 Å². The molecule has 1 aromatic heterocycles. The number of benzene rings is 1. The fourth-order valence-electron chi connectivity index (χ4n) is 2.62. The number of hydrogen-bond acceptors (Lipinski definition) is 4. The van der Waals surface area contributed by atoms with Crippen LogP contribution in [-0.4, -0.2) is 23.3 Å². The van der Waals surface area contributed by atoms with Gasteiger partial charge in [-0.05, 0) is 43.0 Å². The van der Waals surface area contributed by atoms with E-state index in [2.05, 4.69) is 5.32 Å². The van der Waals surface area contributed by atoms with Crippen molar-refractivity contribution in [2.24, 2.45) is 5.92 Å². The highest BCUT2D eigenvalue weighted by Crippen LogP contribution is 2.45. The summed E-state index contributed by atoms with van der Waals surface area (Å²) in [5.74, 6) is 1.39. The van der Waals surface area contributed by atoms with Gasteiger partial charge in [0.25, 0.3) is 0 Å². The second kappa shape index (κ2) is 7.23. The van der Waals surface area contributed by atoms with Crippen molar-refractivity contribution in [2.75, 3.05) is 12.3 Å². The third kappa shape index (κ3) is 4.18. The highest BCUT2D eigenvalue weighted by molar-refractivity contribution is 7.99. The Morgan fingerprint density at radius 3 is 2.70 bits per heavy atom. The fourth-order valence-corrected chi connectivity index (χ4v) is 3.49. The minimum atomic E-state index is -1.08. The second-order valence-electron chi connectivity index (χ2n) is 5.86. The van der Waals surface area contributed by atoms with Crippen molar-refractivity contribution in [3.8, 4) is 0 Å². The van der Waals surface area contributed by atoms with Crippen LogP contribution in [0.1, 0.15) is 25.0 Å². The Balaban J connectivity index is 1.46. The van der Waals surface area contributed by atoms with E-state index in [0.717, 1.165) is 23.5 Å². The Morgan fingerprint density at radius 1 is 1.26 bits per heavy atom. The number of nitrogens with one attached hydrogen (secondary N) is 1. The number of thioether (sulfide) groups is 1. The van der Waals surface area contributed by atoms with Crippen molar-refractivity contribution >= 4 is 17.7 Å². The molecule has 3 rings (SSSR count). The summed E-state index contributed by atoms with van der Waals surface area (Å²) in [4.78, 5) is 13.2. The normalized spacial score (nSPS) is 16.7. The highest BCUT2D eigenvalue weighted by Gasteiger charge is 2.47. The van der Waals surface area contributed by atoms with Gasteiger partial charge in [0.15, 0.2) is 0 Å². The van der Waals surface area contributed by atoms with Gasteiger partial charge in [-0.15, -0.1) is 11.8 Å². The molecule has 2 aromatic rings. The molecule has 5 heteroatoms. The Kier molecular flexibility index (Phi) is 5.08. The van der Waals surface area contributed by atoms with E-state index >= 15 is 0 Å². The predicted octanol–water partition coefficient (Wildman–Crippen LogP) is 3.18. The van der Waals surface area contributed by atoms with Crippen molar-refractivity contribution in [3.63, 3.8) is 0 Å². The lowest BCUT2D eigenvalue weighted by molar-refractivity contribution is -0.122. The predicted molar refractivity (Wildman–Crippen MR) is 90.1 cm³/mol. The molecule has 4 nitrogen and oxygen atoms in total. The van der Waals surface area contributed by atoms with Gasteiger partial charge in [0.05, 0.1) is 12.8 Å². The average molecular weight is 331 g/mol. The first-order valence-corrected chi connectivity index (χ1v) is 8.88. The molecule has 1 heterocycles. The standard InChI is InChI=1S/C18H21NO3S/c20-17(10-12-23-15-5-2-1-3-6-15)19-13-18(21,14-8-9-14)16-7-4-11-22-16/h1-7,11,14,21H,8-10,12-13H2,(H,19,20). The summed E-state index contributed by atoms with van der Waals surface area (Å²) in [6, 6.07) is 13.6. The third-order valence-electron chi connectivity index (χ3n) is 4.10. The number of amides is 1. The molecule has 0 aliphatic heterocycles. The van der Waals surface area contributed by atoms with Gasteiger partial charge in [-0.1, -0.05) is 18.2 Å². The maximum atomic E-state index is 12.0. The first-order chi connectivity index (χ1) is 11.2. The van der Waals surface area contributed by atoms with Crippen molar-refractivity contribution in [1.82, 2.24) is 5.32 Å². The van der Waals surface area contributed by atoms with Crippen molar-refractivity contribution in [2.45, 2.75) is 29.8 Å². The molecule has 1 aliphatic carbocycles. The number of carbonyl (C=O) groups excluding carboxylic acids is 1. The molecule has 2 N–H and O–H groups in total. The van der Waals surface area contributed by atoms with Gasteiger partial charge in [-0.2, -0.15) is 0 Å². The first-order valence-electron chi connectivity index (χ1n) is 7.89. The molecule has 0 radical (unpaired) electrons. The number of carbonyl (C=O) groups is 1. The third-order valence-corrected chi connectivity index (χ3v) is 5.11. The summed E-state index contributed by atoms with van der Waals surface area (Å²) in [7, 11) is 0. The van der Waals surface area contributed by atoms with E-state index in [9.17, 15) is 9.90 Å². The Morgan fingerprint density at radius 2 is 2.04 bits per heavy atom. The molecule has 1 fully saturated rings. The van der Waals surface area contributed by atoms with Crippen LogP contribution in [0, 0.1) is 5.92 Å². The van der Waals surface area contributed by atoms with Gasteiger partial charge in [-0.25, -0.2) is 0 Å². The monoisotopic (exact) mass is 331 g/mol. The summed E-state index contributed by atoms with van der Waals surface area (Å²) in [6.07, 6.45) is 3.92. The van der Waals surface area contributed by atoms with Gasteiger partial charge in [0.2, 0.25) is 5.91 Å². The molecular formula is C18H21NO3S. The first kappa shape index (κ1) is 16.1. The maximum Gasteiger partial charge on any atom is 0.220 e. The Bertz CT molecular complexity index is 625. The highest BCUT2D eigenvalue weighted by atomic mass is 32.2. The molecule has 1 amide bonds. The van der Waals surface area contributed by atoms with E-state index in [-0.39, 0.29) is 18.4 Å². The van der Waals surface area contributed by atoms with Crippen molar-refractivity contribution < 1.29 is 14.3 Å². The minimum Gasteiger partial charge on any atom is -0.466 e. The SMILES string of the molecule is O=C(CCSc1ccccc1)NCC(O)(c1ccco1)C1CC1. The van der Waals surface area contributed by atoms with E-state index in [0.29, 0.717) is 12.2 Å². The zero-order chi connectivity index (χ0) is 16.1. The number of rotatable bonds is 8. The summed E-state index contributed by atoms with van der Waals surface area (Å²) in [6.45, 7) is 0.208. The quantitative estimate of drug-likeness (QED) is 0.729. The van der Waals surface area contributed by atoms with E-state index in [1.165, 1.54) is 0 Å². The lowest BCUT2D eigenvalue weighted by Gasteiger charge is -2.26. The van der Waals surface area contributed by atoms with Gasteiger partial charge >= 0.3 is 0 Å². The number of furan rings is 1. The van der Waals surface area contributed by atoms with E-state index < -0.39 is 5.60 Å². The molecule has 1 atom stereocenters. The van der Waals surface area contributed by atoms with Crippen LogP contribution in [0.25, 0.3) is 0 Å². The summed E-state index contributed by atoms with van der Waals surface area (Å²) < 4.78 is 5.37. The molecule has 0 saturated heterocycles. The summed E-state index contributed by atoms with van der Waals surface area (Å²) in [5.41, 5.74) is -1.08. The van der Waals surface area contributed by atoms with Crippen LogP contribution >= 0.6 is 11.8 Å². The molecule has 0 bridgehead atoms. The molecule has 1 saturated carbocycles. The smallest absolute Gasteiger partial charge is 0.220 e. The van der Waals surface area contributed by atoms with E-state index in [4.69, 9.17) is 4.42 Å². The number of hydrogen-bond donors (Lipinski definition) is 2. The molecule has 23 heavy (non-hydrogen) atoms. The average Bonchev–Trinajstić information content (AvgIpc) is 3.29. The van der Waals surface area contributed by atoms with Crippen LogP contribution in [0.2, 0.25) is 0 Å². The topological polar surface area (TPSA) is 62.5 Å². The van der Waals surface area contributed by atoms with Crippen LogP contribution in [0.3, 0.4) is 0 Å². The Hall–Kier alpha value is -1.72. The van der Waals surface area contributed by atoms with Gasteiger partial charge < -0.3 is 14.8 Å². The van der Waals surface area contributed by atoms with Crippen LogP contribution in [-0.2, 0) is 10.4 Å².